The summed E-state index contributed by atoms with van der Waals surface area (Å²) in [6, 6.07) is 7.52. The Morgan fingerprint density at radius 2 is 1.83 bits per heavy atom. The summed E-state index contributed by atoms with van der Waals surface area (Å²) in [5.74, 6) is 0.0557. The molecule has 0 aliphatic carbocycles. The Labute approximate surface area is 202 Å². The molecular formula is C26H29FN6O2. The number of carbonyl (C=O) groups is 1. The lowest BCUT2D eigenvalue weighted by molar-refractivity contribution is 0.262. The van der Waals surface area contributed by atoms with Crippen LogP contribution >= 0.6 is 0 Å². The molecule has 4 aromatic rings. The molecule has 0 bridgehead atoms. The molecule has 0 aliphatic rings. The second kappa shape index (κ2) is 8.90. The molecule has 0 radical (unpaired) electrons. The van der Waals surface area contributed by atoms with Gasteiger partial charge in [-0.05, 0) is 63.1 Å². The van der Waals surface area contributed by atoms with E-state index in [9.17, 15) is 14.0 Å². The number of nitrogens with zero attached hydrogens (tertiary/aromatic N) is 3. The van der Waals surface area contributed by atoms with Gasteiger partial charge in [0.25, 0.3) is 5.56 Å². The number of nitrogens with one attached hydrogen (secondary N) is 3. The lowest BCUT2D eigenvalue weighted by Crippen LogP contribution is -2.22. The van der Waals surface area contributed by atoms with Crippen molar-refractivity contribution in [1.82, 2.24) is 14.1 Å². The van der Waals surface area contributed by atoms with Gasteiger partial charge in [-0.2, -0.15) is 0 Å². The molecule has 3 heterocycles. The molecule has 4 rings (SSSR count). The number of aromatic nitrogens is 3. The molecule has 35 heavy (non-hydrogen) atoms. The number of aryl methyl sites for hydroxylation is 2. The molecule has 0 atom stereocenters. The average Bonchev–Trinajstić information content (AvgIpc) is 3.27. The summed E-state index contributed by atoms with van der Waals surface area (Å²) in [7, 11) is 3.44. The van der Waals surface area contributed by atoms with Gasteiger partial charge in [0.15, 0.2) is 0 Å². The highest BCUT2D eigenvalue weighted by molar-refractivity contribution is 6.00. The van der Waals surface area contributed by atoms with Gasteiger partial charge in [0.2, 0.25) is 0 Å². The number of benzene rings is 1. The molecular weight excluding hydrogens is 447 g/mol. The van der Waals surface area contributed by atoms with Gasteiger partial charge in [-0.3, -0.25) is 4.79 Å². The maximum Gasteiger partial charge on any atom is 0.323 e. The van der Waals surface area contributed by atoms with Crippen LogP contribution in [0.2, 0.25) is 0 Å². The molecule has 0 aliphatic heterocycles. The van der Waals surface area contributed by atoms with Gasteiger partial charge in [0.1, 0.15) is 11.6 Å². The number of hydrogen-bond acceptors (Lipinski definition) is 4. The largest absolute Gasteiger partial charge is 0.373 e. The predicted molar refractivity (Wildman–Crippen MR) is 139 cm³/mol. The van der Waals surface area contributed by atoms with Crippen molar-refractivity contribution in [3.8, 4) is 11.1 Å². The third kappa shape index (κ3) is 4.75. The number of hydrogen-bond donors (Lipinski definition) is 3. The van der Waals surface area contributed by atoms with E-state index in [-0.39, 0.29) is 16.8 Å². The van der Waals surface area contributed by atoms with Crippen molar-refractivity contribution in [2.75, 3.05) is 23.0 Å². The number of rotatable bonds is 4. The molecule has 0 unspecified atom stereocenters. The van der Waals surface area contributed by atoms with E-state index >= 15 is 0 Å². The maximum atomic E-state index is 14.8. The number of fused-ring (bicyclic) bond motifs is 1. The summed E-state index contributed by atoms with van der Waals surface area (Å²) in [4.78, 5) is 30.1. The Balaban J connectivity index is 1.67. The van der Waals surface area contributed by atoms with Crippen LogP contribution in [0.5, 0.6) is 0 Å². The quantitative estimate of drug-likeness (QED) is 0.373. The van der Waals surface area contributed by atoms with Crippen molar-refractivity contribution in [1.29, 1.82) is 0 Å². The van der Waals surface area contributed by atoms with Gasteiger partial charge < -0.3 is 25.1 Å². The van der Waals surface area contributed by atoms with Crippen LogP contribution in [0, 0.1) is 12.7 Å². The number of pyridine rings is 2. The smallest absolute Gasteiger partial charge is 0.323 e. The number of anilines is 3. The van der Waals surface area contributed by atoms with Crippen LogP contribution in [-0.2, 0) is 12.6 Å². The lowest BCUT2D eigenvalue weighted by Gasteiger charge is -2.20. The second-order valence-corrected chi connectivity index (χ2v) is 9.50. The predicted octanol–water partition coefficient (Wildman–Crippen LogP) is 5.29. The van der Waals surface area contributed by atoms with E-state index in [0.717, 1.165) is 10.9 Å². The highest BCUT2D eigenvalue weighted by Gasteiger charge is 2.17. The van der Waals surface area contributed by atoms with E-state index in [1.165, 1.54) is 16.7 Å². The molecule has 0 saturated heterocycles. The first-order valence-electron chi connectivity index (χ1n) is 11.2. The van der Waals surface area contributed by atoms with Crippen molar-refractivity contribution in [3.05, 3.63) is 70.7 Å². The van der Waals surface area contributed by atoms with Crippen molar-refractivity contribution in [3.63, 3.8) is 0 Å². The molecule has 0 fully saturated rings. The van der Waals surface area contributed by atoms with E-state index in [1.54, 1.807) is 45.4 Å². The van der Waals surface area contributed by atoms with Crippen molar-refractivity contribution >= 4 is 34.1 Å². The number of urea groups is 1. The summed E-state index contributed by atoms with van der Waals surface area (Å²) in [5.41, 5.74) is 2.41. The molecule has 182 valence electrons. The number of amides is 2. The summed E-state index contributed by atoms with van der Waals surface area (Å²) in [5, 5.41) is 9.02. The van der Waals surface area contributed by atoms with E-state index in [4.69, 9.17) is 0 Å². The Morgan fingerprint density at radius 1 is 1.09 bits per heavy atom. The van der Waals surface area contributed by atoms with Crippen LogP contribution < -0.4 is 21.5 Å². The van der Waals surface area contributed by atoms with Gasteiger partial charge in [-0.25, -0.2) is 14.2 Å². The first kappa shape index (κ1) is 24.0. The van der Waals surface area contributed by atoms with Crippen LogP contribution in [0.25, 0.3) is 22.0 Å². The van der Waals surface area contributed by atoms with Gasteiger partial charge in [0.05, 0.1) is 16.9 Å². The van der Waals surface area contributed by atoms with Crippen molar-refractivity contribution in [2.45, 2.75) is 33.2 Å². The zero-order valence-electron chi connectivity index (χ0n) is 20.7. The minimum Gasteiger partial charge on any atom is -0.373 e. The zero-order valence-corrected chi connectivity index (χ0v) is 20.7. The molecule has 9 heteroatoms. The fraction of sp³-hybridized carbons (Fsp3) is 0.269. The Morgan fingerprint density at radius 3 is 2.49 bits per heavy atom. The van der Waals surface area contributed by atoms with Gasteiger partial charge in [-0.15, -0.1) is 0 Å². The standard InChI is InChI=1S/C26H29FN6O2/c1-15-9-20(27)21(31-25(35)30-17-7-8-33(14-17)26(2,3)4)11-18(15)19-10-16-13-29-23(28-5)12-22(16)32(6)24(19)34/h7-14H,1-6H3,(H,28,29)(H2,30,31,35). The second-order valence-electron chi connectivity index (χ2n) is 9.50. The van der Waals surface area contributed by atoms with Gasteiger partial charge in [-0.1, -0.05) is 0 Å². The average molecular weight is 477 g/mol. The van der Waals surface area contributed by atoms with E-state index in [2.05, 4.69) is 20.9 Å². The monoisotopic (exact) mass is 476 g/mol. The topological polar surface area (TPSA) is 93.0 Å². The fourth-order valence-corrected chi connectivity index (χ4v) is 3.93. The van der Waals surface area contributed by atoms with E-state index in [0.29, 0.717) is 28.2 Å². The Bertz CT molecular complexity index is 1500. The first-order chi connectivity index (χ1) is 16.5. The van der Waals surface area contributed by atoms with E-state index < -0.39 is 11.8 Å². The van der Waals surface area contributed by atoms with Crippen LogP contribution in [0.1, 0.15) is 26.3 Å². The third-order valence-electron chi connectivity index (χ3n) is 5.94. The minimum atomic E-state index is -0.591. The van der Waals surface area contributed by atoms with Crippen molar-refractivity contribution in [2.24, 2.45) is 7.05 Å². The maximum absolute atomic E-state index is 14.8. The van der Waals surface area contributed by atoms with Crippen LogP contribution in [-0.4, -0.2) is 27.2 Å². The molecule has 8 nitrogen and oxygen atoms in total. The minimum absolute atomic E-state index is 0.0239. The summed E-state index contributed by atoms with van der Waals surface area (Å²) in [6.07, 6.45) is 5.35. The lowest BCUT2D eigenvalue weighted by atomic mass is 9.99. The summed E-state index contributed by atoms with van der Waals surface area (Å²) >= 11 is 0. The Kier molecular flexibility index (Phi) is 6.10. The number of carbonyl (C=O) groups excluding carboxylic acids is 1. The van der Waals surface area contributed by atoms with Crippen LogP contribution in [0.4, 0.5) is 26.4 Å². The van der Waals surface area contributed by atoms with Crippen LogP contribution in [0.3, 0.4) is 0 Å². The fourth-order valence-electron chi connectivity index (χ4n) is 3.93. The third-order valence-corrected chi connectivity index (χ3v) is 5.94. The highest BCUT2D eigenvalue weighted by Crippen LogP contribution is 2.29. The molecule has 0 spiro atoms. The highest BCUT2D eigenvalue weighted by atomic mass is 19.1. The van der Waals surface area contributed by atoms with E-state index in [1.807, 2.05) is 37.7 Å². The van der Waals surface area contributed by atoms with Crippen LogP contribution in [0.15, 0.2) is 53.7 Å². The normalized spacial score (nSPS) is 11.5. The summed E-state index contributed by atoms with van der Waals surface area (Å²) in [6.45, 7) is 7.87. The molecule has 1 aromatic carbocycles. The SMILES string of the molecule is CNc1cc2c(cn1)cc(-c1cc(NC(=O)Nc3ccn(C(C)(C)C)c3)c(F)cc1C)c(=O)n2C. The van der Waals surface area contributed by atoms with Gasteiger partial charge >= 0.3 is 6.03 Å². The first-order valence-corrected chi connectivity index (χ1v) is 11.2. The molecule has 0 saturated carbocycles. The number of halogens is 1. The van der Waals surface area contributed by atoms with Crippen molar-refractivity contribution < 1.29 is 9.18 Å². The zero-order chi connectivity index (χ0) is 25.5. The molecule has 2 amide bonds. The molecule has 3 N–H and O–H groups in total. The Hall–Kier alpha value is -4.14. The summed E-state index contributed by atoms with van der Waals surface area (Å²) < 4.78 is 18.3. The van der Waals surface area contributed by atoms with Gasteiger partial charge in [0, 0.05) is 55.2 Å². The molecule has 3 aromatic heterocycles.